The second kappa shape index (κ2) is 8.09. The molecule has 0 fully saturated rings. The molecule has 132 valence electrons. The molecule has 7 heteroatoms. The van der Waals surface area contributed by atoms with Gasteiger partial charge in [0.05, 0.1) is 23.3 Å². The summed E-state index contributed by atoms with van der Waals surface area (Å²) in [4.78, 5) is 19.7. The van der Waals surface area contributed by atoms with Gasteiger partial charge in [-0.25, -0.2) is 15.4 Å². The number of rotatable bonds is 6. The number of anilines is 2. The molecule has 2 heterocycles. The molecular formula is C19H19N5O2. The van der Waals surface area contributed by atoms with Gasteiger partial charge in [0.15, 0.2) is 5.82 Å². The number of nitrogens with one attached hydrogen (secondary N) is 2. The molecule has 0 bridgehead atoms. The average molecular weight is 349 g/mol. The first kappa shape index (κ1) is 17.4. The van der Waals surface area contributed by atoms with E-state index < -0.39 is 5.91 Å². The molecule has 0 unspecified atom stereocenters. The van der Waals surface area contributed by atoms with Gasteiger partial charge in [-0.15, -0.1) is 0 Å². The molecule has 0 aliphatic heterocycles. The van der Waals surface area contributed by atoms with Crippen molar-refractivity contribution in [3.8, 4) is 0 Å². The highest BCUT2D eigenvalue weighted by Gasteiger charge is 2.05. The Hall–Kier alpha value is -3.45. The minimum absolute atomic E-state index is 0.526. The minimum Gasteiger partial charge on any atom is -0.348 e. The van der Waals surface area contributed by atoms with E-state index >= 15 is 0 Å². The molecular weight excluding hydrogens is 330 g/mol. The number of carbonyl (C=O) groups is 1. The zero-order chi connectivity index (χ0) is 18.4. The smallest absolute Gasteiger partial charge is 0.267 e. The lowest BCUT2D eigenvalue weighted by Gasteiger charge is -2.07. The number of carbonyl (C=O) groups excluding carboxylic acids is 1. The molecule has 3 aromatic rings. The van der Waals surface area contributed by atoms with Gasteiger partial charge >= 0.3 is 0 Å². The maximum atomic E-state index is 11.0. The number of nitrogens with zero attached hydrogens (tertiary/aromatic N) is 3. The van der Waals surface area contributed by atoms with Crippen molar-refractivity contribution in [2.24, 2.45) is 0 Å². The summed E-state index contributed by atoms with van der Waals surface area (Å²) in [6.45, 7) is 2.63. The Balaban J connectivity index is 1.67. The van der Waals surface area contributed by atoms with Gasteiger partial charge in [0.1, 0.15) is 0 Å². The van der Waals surface area contributed by atoms with Crippen molar-refractivity contribution in [2.45, 2.75) is 13.5 Å². The molecule has 0 aliphatic rings. The van der Waals surface area contributed by atoms with Crippen LogP contribution in [0.25, 0.3) is 6.08 Å². The molecule has 0 aliphatic carbocycles. The first-order chi connectivity index (χ1) is 12.6. The van der Waals surface area contributed by atoms with Gasteiger partial charge in [-0.2, -0.15) is 0 Å². The van der Waals surface area contributed by atoms with Crippen LogP contribution in [-0.4, -0.2) is 25.6 Å². The summed E-state index contributed by atoms with van der Waals surface area (Å²) in [5, 5.41) is 11.7. The highest BCUT2D eigenvalue weighted by atomic mass is 16.5. The SMILES string of the molecule is Cc1nc(C=CC(=O)NO)cnc1Nc1ccn(Cc2ccccc2)c1. The summed E-state index contributed by atoms with van der Waals surface area (Å²) in [7, 11) is 0. The van der Waals surface area contributed by atoms with Crippen molar-refractivity contribution in [2.75, 3.05) is 5.32 Å². The molecule has 2 aromatic heterocycles. The van der Waals surface area contributed by atoms with Gasteiger partial charge in [0, 0.05) is 25.0 Å². The lowest BCUT2D eigenvalue weighted by molar-refractivity contribution is -0.124. The van der Waals surface area contributed by atoms with Crippen LogP contribution in [0.3, 0.4) is 0 Å². The lowest BCUT2D eigenvalue weighted by atomic mass is 10.2. The maximum Gasteiger partial charge on any atom is 0.267 e. The predicted octanol–water partition coefficient (Wildman–Crippen LogP) is 2.90. The molecule has 0 saturated heterocycles. The van der Waals surface area contributed by atoms with E-state index in [0.29, 0.717) is 17.2 Å². The fourth-order valence-corrected chi connectivity index (χ4v) is 2.44. The lowest BCUT2D eigenvalue weighted by Crippen LogP contribution is -2.14. The topological polar surface area (TPSA) is 92.1 Å². The quantitative estimate of drug-likeness (QED) is 0.361. The Kier molecular flexibility index (Phi) is 5.40. The van der Waals surface area contributed by atoms with Gasteiger partial charge in [-0.05, 0) is 24.6 Å². The number of amides is 1. The summed E-state index contributed by atoms with van der Waals surface area (Å²) in [6, 6.07) is 12.2. The van der Waals surface area contributed by atoms with Crippen LogP contribution in [0.4, 0.5) is 11.5 Å². The third-order valence-corrected chi connectivity index (χ3v) is 3.70. The fraction of sp³-hybridized carbons (Fsp3) is 0.105. The summed E-state index contributed by atoms with van der Waals surface area (Å²) in [5.74, 6) is 0.0256. The van der Waals surface area contributed by atoms with Crippen molar-refractivity contribution in [1.82, 2.24) is 20.0 Å². The molecule has 0 radical (unpaired) electrons. The Bertz CT molecular complexity index is 919. The Morgan fingerprint density at radius 3 is 2.81 bits per heavy atom. The molecule has 7 nitrogen and oxygen atoms in total. The van der Waals surface area contributed by atoms with Crippen LogP contribution in [0.5, 0.6) is 0 Å². The maximum absolute atomic E-state index is 11.0. The van der Waals surface area contributed by atoms with E-state index in [4.69, 9.17) is 5.21 Å². The van der Waals surface area contributed by atoms with Crippen LogP contribution in [0, 0.1) is 6.92 Å². The highest BCUT2D eigenvalue weighted by molar-refractivity contribution is 5.90. The molecule has 26 heavy (non-hydrogen) atoms. The number of aryl methyl sites for hydroxylation is 1. The summed E-state index contributed by atoms with van der Waals surface area (Å²) >= 11 is 0. The van der Waals surface area contributed by atoms with E-state index in [1.54, 1.807) is 6.20 Å². The molecule has 3 N–H and O–H groups in total. The molecule has 0 spiro atoms. The van der Waals surface area contributed by atoms with E-state index in [-0.39, 0.29) is 0 Å². The standard InChI is InChI=1S/C19H19N5O2/c1-14-19(20-11-16(21-14)7-8-18(25)23-26)22-17-9-10-24(13-17)12-15-5-3-2-4-6-15/h2-11,13,26H,12H2,1H3,(H,20,22)(H,23,25). The Morgan fingerprint density at radius 2 is 2.08 bits per heavy atom. The number of aromatic nitrogens is 3. The average Bonchev–Trinajstić information content (AvgIpc) is 3.09. The van der Waals surface area contributed by atoms with Crippen LogP contribution in [-0.2, 0) is 11.3 Å². The largest absolute Gasteiger partial charge is 0.348 e. The van der Waals surface area contributed by atoms with Gasteiger partial charge in [-0.1, -0.05) is 30.3 Å². The Morgan fingerprint density at radius 1 is 1.27 bits per heavy atom. The van der Waals surface area contributed by atoms with Crippen molar-refractivity contribution in [1.29, 1.82) is 0 Å². The fourth-order valence-electron chi connectivity index (χ4n) is 2.44. The van der Waals surface area contributed by atoms with Crippen LogP contribution >= 0.6 is 0 Å². The summed E-state index contributed by atoms with van der Waals surface area (Å²) in [6.07, 6.45) is 8.22. The van der Waals surface area contributed by atoms with Crippen molar-refractivity contribution >= 4 is 23.5 Å². The first-order valence-corrected chi connectivity index (χ1v) is 8.06. The highest BCUT2D eigenvalue weighted by Crippen LogP contribution is 2.18. The predicted molar refractivity (Wildman–Crippen MR) is 99.0 cm³/mol. The first-order valence-electron chi connectivity index (χ1n) is 8.06. The van der Waals surface area contributed by atoms with Gasteiger partial charge in [0.25, 0.3) is 5.91 Å². The van der Waals surface area contributed by atoms with Gasteiger partial charge < -0.3 is 9.88 Å². The van der Waals surface area contributed by atoms with Crippen LogP contribution in [0.15, 0.2) is 61.1 Å². The molecule has 1 amide bonds. The van der Waals surface area contributed by atoms with E-state index in [1.807, 2.05) is 43.6 Å². The minimum atomic E-state index is -0.619. The van der Waals surface area contributed by atoms with Crippen molar-refractivity contribution < 1.29 is 10.0 Å². The molecule has 0 saturated carbocycles. The zero-order valence-corrected chi connectivity index (χ0v) is 14.3. The second-order valence-corrected chi connectivity index (χ2v) is 5.72. The summed E-state index contributed by atoms with van der Waals surface area (Å²) < 4.78 is 2.09. The monoisotopic (exact) mass is 349 g/mol. The third-order valence-electron chi connectivity index (χ3n) is 3.70. The van der Waals surface area contributed by atoms with Crippen molar-refractivity contribution in [3.05, 3.63) is 78.0 Å². The van der Waals surface area contributed by atoms with E-state index in [2.05, 4.69) is 32.0 Å². The molecule has 3 rings (SSSR count). The summed E-state index contributed by atoms with van der Waals surface area (Å²) in [5.41, 5.74) is 4.90. The number of hydroxylamine groups is 1. The van der Waals surface area contributed by atoms with E-state index in [9.17, 15) is 4.79 Å². The zero-order valence-electron chi connectivity index (χ0n) is 14.3. The molecule has 0 atom stereocenters. The number of hydrogen-bond acceptors (Lipinski definition) is 5. The van der Waals surface area contributed by atoms with Crippen LogP contribution in [0.2, 0.25) is 0 Å². The third kappa shape index (κ3) is 4.55. The van der Waals surface area contributed by atoms with E-state index in [1.165, 1.54) is 23.2 Å². The van der Waals surface area contributed by atoms with Crippen molar-refractivity contribution in [3.63, 3.8) is 0 Å². The van der Waals surface area contributed by atoms with Crippen LogP contribution < -0.4 is 10.8 Å². The number of benzene rings is 1. The second-order valence-electron chi connectivity index (χ2n) is 5.72. The normalized spacial score (nSPS) is 10.8. The molecule has 1 aromatic carbocycles. The number of hydrogen-bond donors (Lipinski definition) is 3. The van der Waals surface area contributed by atoms with E-state index in [0.717, 1.165) is 12.2 Å². The van der Waals surface area contributed by atoms with Gasteiger partial charge in [-0.3, -0.25) is 10.0 Å². The Labute approximate surface area is 151 Å². The van der Waals surface area contributed by atoms with Gasteiger partial charge in [0.2, 0.25) is 0 Å². The van der Waals surface area contributed by atoms with Crippen LogP contribution in [0.1, 0.15) is 17.0 Å².